The first-order valence-electron chi connectivity index (χ1n) is 8.31. The third kappa shape index (κ3) is 4.51. The van der Waals surface area contributed by atoms with Gasteiger partial charge < -0.3 is 4.90 Å². The molecule has 7 heteroatoms. The topological polar surface area (TPSA) is 71.5 Å². The lowest BCUT2D eigenvalue weighted by Crippen LogP contribution is -2.41. The van der Waals surface area contributed by atoms with E-state index in [-0.39, 0.29) is 9.79 Å². The van der Waals surface area contributed by atoms with E-state index in [4.69, 9.17) is 0 Å². The molecule has 0 spiro atoms. The molecular weight excluding hydrogens is 346 g/mol. The van der Waals surface area contributed by atoms with Gasteiger partial charge in [0.15, 0.2) is 19.7 Å². The maximum absolute atomic E-state index is 12.3. The van der Waals surface area contributed by atoms with Crippen LogP contribution in [0.4, 0.5) is 5.69 Å². The first-order valence-corrected chi connectivity index (χ1v) is 12.1. The Labute approximate surface area is 145 Å². The summed E-state index contributed by atoms with van der Waals surface area (Å²) >= 11 is 0. The average molecular weight is 374 g/mol. The van der Waals surface area contributed by atoms with Crippen molar-refractivity contribution < 1.29 is 16.8 Å². The van der Waals surface area contributed by atoms with Crippen molar-refractivity contribution in [3.63, 3.8) is 0 Å². The van der Waals surface area contributed by atoms with Gasteiger partial charge in [-0.3, -0.25) is 0 Å². The molecule has 1 aliphatic heterocycles. The zero-order valence-corrected chi connectivity index (χ0v) is 16.5. The molecule has 0 radical (unpaired) electrons. The standard InChI is InChI=1S/C17H27NO4S2/c1-13(2)11-14-7-5-6-10-18(14)16-9-8-15(23(3,19)20)12-17(16)24(4,21)22/h8-9,12-14H,5-7,10-11H2,1-4H3/t14-/m1/s1. The van der Waals surface area contributed by atoms with Crippen molar-refractivity contribution in [1.82, 2.24) is 0 Å². The number of sulfone groups is 2. The molecule has 0 unspecified atom stereocenters. The summed E-state index contributed by atoms with van der Waals surface area (Å²) < 4.78 is 48.2. The molecule has 0 aromatic heterocycles. The Hall–Kier alpha value is -1.08. The number of benzene rings is 1. The fraction of sp³-hybridized carbons (Fsp3) is 0.647. The zero-order valence-electron chi connectivity index (χ0n) is 14.8. The molecule has 0 N–H and O–H groups in total. The van der Waals surface area contributed by atoms with Crippen LogP contribution in [0.5, 0.6) is 0 Å². The minimum atomic E-state index is -3.52. The molecule has 24 heavy (non-hydrogen) atoms. The van der Waals surface area contributed by atoms with Gasteiger partial charge in [-0.25, -0.2) is 16.8 Å². The quantitative estimate of drug-likeness (QED) is 0.793. The molecule has 2 rings (SSSR count). The molecule has 0 saturated carbocycles. The van der Waals surface area contributed by atoms with Gasteiger partial charge in [-0.1, -0.05) is 13.8 Å². The van der Waals surface area contributed by atoms with Gasteiger partial charge >= 0.3 is 0 Å². The monoisotopic (exact) mass is 373 g/mol. The van der Waals surface area contributed by atoms with Crippen LogP contribution in [-0.2, 0) is 19.7 Å². The van der Waals surface area contributed by atoms with Gasteiger partial charge in [-0.05, 0) is 49.8 Å². The number of hydrogen-bond donors (Lipinski definition) is 0. The van der Waals surface area contributed by atoms with Crippen LogP contribution in [0.25, 0.3) is 0 Å². The van der Waals surface area contributed by atoms with Crippen LogP contribution in [0.1, 0.15) is 39.5 Å². The predicted molar refractivity (Wildman–Crippen MR) is 97.1 cm³/mol. The highest BCUT2D eigenvalue weighted by Gasteiger charge is 2.28. The lowest BCUT2D eigenvalue weighted by atomic mass is 9.93. The molecule has 1 heterocycles. The maximum Gasteiger partial charge on any atom is 0.177 e. The Morgan fingerprint density at radius 3 is 2.29 bits per heavy atom. The molecule has 136 valence electrons. The number of nitrogens with zero attached hydrogens (tertiary/aromatic N) is 1. The fourth-order valence-corrected chi connectivity index (χ4v) is 4.99. The molecule has 5 nitrogen and oxygen atoms in total. The summed E-state index contributed by atoms with van der Waals surface area (Å²) in [7, 11) is -6.97. The summed E-state index contributed by atoms with van der Waals surface area (Å²) in [5, 5.41) is 0. The molecular formula is C17H27NO4S2. The Morgan fingerprint density at radius 2 is 1.75 bits per heavy atom. The Kier molecular flexibility index (Phi) is 5.64. The van der Waals surface area contributed by atoms with E-state index < -0.39 is 19.7 Å². The van der Waals surface area contributed by atoms with E-state index in [1.807, 2.05) is 0 Å². The number of hydrogen-bond acceptors (Lipinski definition) is 5. The van der Waals surface area contributed by atoms with Gasteiger partial charge in [-0.15, -0.1) is 0 Å². The van der Waals surface area contributed by atoms with Crippen LogP contribution in [0.2, 0.25) is 0 Å². The van der Waals surface area contributed by atoms with Gasteiger partial charge in [0.1, 0.15) is 0 Å². The highest BCUT2D eigenvalue weighted by atomic mass is 32.2. The summed E-state index contributed by atoms with van der Waals surface area (Å²) in [6, 6.07) is 4.77. The van der Waals surface area contributed by atoms with Crippen molar-refractivity contribution in [3.8, 4) is 0 Å². The van der Waals surface area contributed by atoms with Crippen LogP contribution in [0.15, 0.2) is 28.0 Å². The Balaban J connectivity index is 2.55. The SMILES string of the molecule is CC(C)C[C@H]1CCCCN1c1ccc(S(C)(=O)=O)cc1S(C)(=O)=O. The molecule has 0 bridgehead atoms. The van der Waals surface area contributed by atoms with Crippen molar-refractivity contribution in [2.75, 3.05) is 24.0 Å². The van der Waals surface area contributed by atoms with Crippen molar-refractivity contribution >= 4 is 25.4 Å². The lowest BCUT2D eigenvalue weighted by Gasteiger charge is -2.39. The number of rotatable bonds is 5. The van der Waals surface area contributed by atoms with Gasteiger partial charge in [0.05, 0.1) is 15.5 Å². The molecule has 0 aliphatic carbocycles. The van der Waals surface area contributed by atoms with E-state index in [1.54, 1.807) is 6.07 Å². The minimum Gasteiger partial charge on any atom is -0.367 e. The highest BCUT2D eigenvalue weighted by Crippen LogP contribution is 2.34. The smallest absolute Gasteiger partial charge is 0.177 e. The van der Waals surface area contributed by atoms with Gasteiger partial charge in [0, 0.05) is 25.1 Å². The summed E-state index contributed by atoms with van der Waals surface area (Å²) in [6.45, 7) is 5.13. The van der Waals surface area contributed by atoms with E-state index >= 15 is 0 Å². The molecule has 0 amide bonds. The fourth-order valence-electron chi connectivity index (χ4n) is 3.37. The predicted octanol–water partition coefficient (Wildman–Crippen LogP) is 2.90. The molecule has 1 saturated heterocycles. The van der Waals surface area contributed by atoms with Crippen molar-refractivity contribution in [3.05, 3.63) is 18.2 Å². The minimum absolute atomic E-state index is 0.0455. The first kappa shape index (κ1) is 19.2. The largest absolute Gasteiger partial charge is 0.367 e. The second-order valence-corrected chi connectivity index (χ2v) is 11.1. The Morgan fingerprint density at radius 1 is 1.08 bits per heavy atom. The van der Waals surface area contributed by atoms with Crippen LogP contribution < -0.4 is 4.90 Å². The molecule has 1 atom stereocenters. The third-order valence-corrected chi connectivity index (χ3v) is 6.68. The van der Waals surface area contributed by atoms with E-state index in [1.165, 1.54) is 12.1 Å². The van der Waals surface area contributed by atoms with Crippen molar-refractivity contribution in [2.24, 2.45) is 5.92 Å². The van der Waals surface area contributed by atoms with Crippen LogP contribution in [0.3, 0.4) is 0 Å². The average Bonchev–Trinajstić information content (AvgIpc) is 2.45. The third-order valence-electron chi connectivity index (χ3n) is 4.44. The molecule has 1 fully saturated rings. The van der Waals surface area contributed by atoms with Crippen molar-refractivity contribution in [1.29, 1.82) is 0 Å². The summed E-state index contributed by atoms with van der Waals surface area (Å²) in [4.78, 5) is 2.32. The number of anilines is 1. The van der Waals surface area contributed by atoms with Crippen LogP contribution in [-0.4, -0.2) is 41.9 Å². The van der Waals surface area contributed by atoms with E-state index in [9.17, 15) is 16.8 Å². The van der Waals surface area contributed by atoms with Crippen LogP contribution >= 0.6 is 0 Å². The summed E-state index contributed by atoms with van der Waals surface area (Å²) in [5.41, 5.74) is 0.634. The Bertz CT molecular complexity index is 798. The van der Waals surface area contributed by atoms with Crippen molar-refractivity contribution in [2.45, 2.75) is 55.4 Å². The van der Waals surface area contributed by atoms with Gasteiger partial charge in [0.25, 0.3) is 0 Å². The lowest BCUT2D eigenvalue weighted by molar-refractivity contribution is 0.392. The zero-order chi connectivity index (χ0) is 18.1. The van der Waals surface area contributed by atoms with Gasteiger partial charge in [0.2, 0.25) is 0 Å². The molecule has 1 aromatic carbocycles. The second-order valence-electron chi connectivity index (χ2n) is 7.15. The van der Waals surface area contributed by atoms with E-state index in [0.29, 0.717) is 17.6 Å². The summed E-state index contributed by atoms with van der Waals surface area (Å²) in [5.74, 6) is 0.521. The first-order chi connectivity index (χ1) is 11.0. The highest BCUT2D eigenvalue weighted by molar-refractivity contribution is 7.91. The van der Waals surface area contributed by atoms with Gasteiger partial charge in [-0.2, -0.15) is 0 Å². The summed E-state index contributed by atoms with van der Waals surface area (Å²) in [6.07, 6.45) is 6.43. The second kappa shape index (κ2) is 7.04. The molecule has 1 aliphatic rings. The van der Waals surface area contributed by atoms with Crippen LogP contribution in [0, 0.1) is 5.92 Å². The van der Waals surface area contributed by atoms with E-state index in [0.717, 1.165) is 44.7 Å². The normalized spacial score (nSPS) is 19.7. The maximum atomic E-state index is 12.3. The van der Waals surface area contributed by atoms with E-state index in [2.05, 4.69) is 18.7 Å². The molecule has 1 aromatic rings. The number of piperidine rings is 1.